The van der Waals surface area contributed by atoms with Crippen LogP contribution in [0.2, 0.25) is 0 Å². The molecule has 0 radical (unpaired) electrons. The Morgan fingerprint density at radius 1 is 1.08 bits per heavy atom. The first-order valence-electron chi connectivity index (χ1n) is 8.43. The molecule has 1 aliphatic heterocycles. The number of amides is 2. The Labute approximate surface area is 158 Å². The van der Waals surface area contributed by atoms with Crippen LogP contribution < -0.4 is 11.1 Å². The molecule has 2 amide bonds. The lowest BCUT2D eigenvalue weighted by Gasteiger charge is -2.22. The van der Waals surface area contributed by atoms with Crippen molar-refractivity contribution in [3.63, 3.8) is 0 Å². The summed E-state index contributed by atoms with van der Waals surface area (Å²) >= 11 is 2.85. The number of hydrogen-bond acceptors (Lipinski definition) is 5. The molecule has 0 unspecified atom stereocenters. The molecule has 4 rings (SSSR count). The van der Waals surface area contributed by atoms with Crippen molar-refractivity contribution in [3.8, 4) is 10.4 Å². The molecule has 1 fully saturated rings. The summed E-state index contributed by atoms with van der Waals surface area (Å²) in [4.78, 5) is 26.2. The largest absolute Gasteiger partial charge is 0.381 e. The fraction of sp³-hybridized carbons (Fsp3) is 0.263. The fourth-order valence-electron chi connectivity index (χ4n) is 3.10. The summed E-state index contributed by atoms with van der Waals surface area (Å²) in [5, 5.41) is 4.08. The standard InChI is InChI=1S/C19H18N2O3S2/c20-18(22)17-10-13-12(2-1-3-14(13)26-17)15-4-5-16(25-15)19(23)21-11-6-8-24-9-7-11/h1-5,10-11H,6-9H2,(H2,20,22)(H,21,23). The molecule has 1 aliphatic rings. The number of hydrogen-bond donors (Lipinski definition) is 2. The van der Waals surface area contributed by atoms with Crippen LogP contribution in [0.25, 0.3) is 20.5 Å². The third-order valence-electron chi connectivity index (χ3n) is 4.46. The molecule has 1 saturated heterocycles. The maximum atomic E-state index is 12.5. The molecule has 0 spiro atoms. The number of ether oxygens (including phenoxy) is 1. The van der Waals surface area contributed by atoms with Gasteiger partial charge in [0, 0.05) is 39.8 Å². The summed E-state index contributed by atoms with van der Waals surface area (Å²) in [5.41, 5.74) is 6.43. The maximum absolute atomic E-state index is 12.5. The third kappa shape index (κ3) is 3.38. The van der Waals surface area contributed by atoms with Gasteiger partial charge in [0.15, 0.2) is 0 Å². The summed E-state index contributed by atoms with van der Waals surface area (Å²) in [5.74, 6) is -0.455. The van der Waals surface area contributed by atoms with E-state index in [1.165, 1.54) is 22.7 Å². The molecular formula is C19H18N2O3S2. The van der Waals surface area contributed by atoms with E-state index in [0.29, 0.717) is 23.0 Å². The number of carbonyl (C=O) groups excluding carboxylic acids is 2. The molecule has 7 heteroatoms. The Balaban J connectivity index is 1.60. The molecule has 0 aliphatic carbocycles. The predicted octanol–water partition coefficient (Wildman–Crippen LogP) is 3.64. The number of nitrogens with two attached hydrogens (primary N) is 1. The summed E-state index contributed by atoms with van der Waals surface area (Å²) < 4.78 is 6.34. The van der Waals surface area contributed by atoms with Crippen LogP contribution in [-0.2, 0) is 4.74 Å². The first-order valence-corrected chi connectivity index (χ1v) is 10.1. The van der Waals surface area contributed by atoms with Gasteiger partial charge in [-0.05, 0) is 37.1 Å². The number of benzene rings is 1. The van der Waals surface area contributed by atoms with Crippen LogP contribution in [0.3, 0.4) is 0 Å². The van der Waals surface area contributed by atoms with E-state index in [1.807, 2.05) is 36.4 Å². The summed E-state index contributed by atoms with van der Waals surface area (Å²) in [6, 6.07) is 11.8. The Bertz CT molecular complexity index is 970. The summed E-state index contributed by atoms with van der Waals surface area (Å²) in [7, 11) is 0. The minimum Gasteiger partial charge on any atom is -0.381 e. The Hall–Kier alpha value is -2.22. The third-order valence-corrected chi connectivity index (χ3v) is 6.69. The van der Waals surface area contributed by atoms with Crippen LogP contribution >= 0.6 is 22.7 Å². The van der Waals surface area contributed by atoms with Crippen molar-refractivity contribution in [1.29, 1.82) is 0 Å². The number of rotatable bonds is 4. The molecular weight excluding hydrogens is 368 g/mol. The first kappa shape index (κ1) is 17.2. The smallest absolute Gasteiger partial charge is 0.261 e. The molecule has 0 bridgehead atoms. The number of thiophene rings is 2. The molecule has 26 heavy (non-hydrogen) atoms. The van der Waals surface area contributed by atoms with E-state index in [2.05, 4.69) is 5.32 Å². The van der Waals surface area contributed by atoms with E-state index < -0.39 is 5.91 Å². The molecule has 3 aromatic rings. The first-order chi connectivity index (χ1) is 12.6. The molecule has 0 atom stereocenters. The van der Waals surface area contributed by atoms with E-state index >= 15 is 0 Å². The van der Waals surface area contributed by atoms with Crippen LogP contribution in [0.5, 0.6) is 0 Å². The van der Waals surface area contributed by atoms with Crippen molar-refractivity contribution >= 4 is 44.6 Å². The Morgan fingerprint density at radius 3 is 2.65 bits per heavy atom. The second-order valence-corrected chi connectivity index (χ2v) is 8.38. The second kappa shape index (κ2) is 7.19. The zero-order valence-electron chi connectivity index (χ0n) is 14.0. The van der Waals surface area contributed by atoms with Crippen molar-refractivity contribution in [2.75, 3.05) is 13.2 Å². The zero-order valence-corrected chi connectivity index (χ0v) is 15.6. The topological polar surface area (TPSA) is 81.4 Å². The van der Waals surface area contributed by atoms with Crippen LogP contribution in [0.4, 0.5) is 0 Å². The van der Waals surface area contributed by atoms with Gasteiger partial charge in [0.2, 0.25) is 0 Å². The maximum Gasteiger partial charge on any atom is 0.261 e. The normalized spacial score (nSPS) is 15.2. The van der Waals surface area contributed by atoms with Crippen molar-refractivity contribution in [1.82, 2.24) is 5.32 Å². The number of primary amides is 1. The highest BCUT2D eigenvalue weighted by Gasteiger charge is 2.19. The van der Waals surface area contributed by atoms with Gasteiger partial charge in [-0.1, -0.05) is 12.1 Å². The molecule has 134 valence electrons. The molecule has 3 N–H and O–H groups in total. The van der Waals surface area contributed by atoms with E-state index in [9.17, 15) is 9.59 Å². The Morgan fingerprint density at radius 2 is 1.88 bits per heavy atom. The summed E-state index contributed by atoms with van der Waals surface area (Å²) in [6.45, 7) is 1.39. The average Bonchev–Trinajstić information content (AvgIpc) is 3.29. The predicted molar refractivity (Wildman–Crippen MR) is 105 cm³/mol. The lowest BCUT2D eigenvalue weighted by atomic mass is 10.1. The SMILES string of the molecule is NC(=O)c1cc2c(-c3ccc(C(=O)NC4CCOCC4)s3)cccc2s1. The van der Waals surface area contributed by atoms with Crippen molar-refractivity contribution in [3.05, 3.63) is 46.2 Å². The monoisotopic (exact) mass is 386 g/mol. The van der Waals surface area contributed by atoms with E-state index in [0.717, 1.165) is 33.4 Å². The average molecular weight is 386 g/mol. The van der Waals surface area contributed by atoms with Gasteiger partial charge in [0.25, 0.3) is 11.8 Å². The van der Waals surface area contributed by atoms with Gasteiger partial charge in [0.05, 0.1) is 9.75 Å². The highest BCUT2D eigenvalue weighted by atomic mass is 32.1. The van der Waals surface area contributed by atoms with Gasteiger partial charge in [-0.25, -0.2) is 0 Å². The molecule has 0 saturated carbocycles. The summed E-state index contributed by atoms with van der Waals surface area (Å²) in [6.07, 6.45) is 1.71. The van der Waals surface area contributed by atoms with Gasteiger partial charge >= 0.3 is 0 Å². The Kier molecular flexibility index (Phi) is 4.76. The second-order valence-electron chi connectivity index (χ2n) is 6.22. The minimum atomic E-state index is -0.417. The fourth-order valence-corrected chi connectivity index (χ4v) is 4.99. The van der Waals surface area contributed by atoms with Crippen LogP contribution in [-0.4, -0.2) is 31.1 Å². The highest BCUT2D eigenvalue weighted by Crippen LogP contribution is 2.37. The molecule has 5 nitrogen and oxygen atoms in total. The lowest BCUT2D eigenvalue weighted by molar-refractivity contribution is 0.0698. The van der Waals surface area contributed by atoms with Crippen LogP contribution in [0.15, 0.2) is 36.4 Å². The quantitative estimate of drug-likeness (QED) is 0.718. The molecule has 2 aromatic heterocycles. The van der Waals surface area contributed by atoms with Gasteiger partial charge in [0.1, 0.15) is 0 Å². The van der Waals surface area contributed by atoms with E-state index in [4.69, 9.17) is 10.5 Å². The van der Waals surface area contributed by atoms with Crippen molar-refractivity contribution in [2.24, 2.45) is 5.73 Å². The number of nitrogens with one attached hydrogen (secondary N) is 1. The zero-order chi connectivity index (χ0) is 18.1. The number of carbonyl (C=O) groups is 2. The molecule has 3 heterocycles. The highest BCUT2D eigenvalue weighted by molar-refractivity contribution is 7.21. The molecule has 1 aromatic carbocycles. The van der Waals surface area contributed by atoms with Crippen molar-refractivity contribution in [2.45, 2.75) is 18.9 Å². The van der Waals surface area contributed by atoms with Gasteiger partial charge in [-0.3, -0.25) is 9.59 Å². The van der Waals surface area contributed by atoms with E-state index in [1.54, 1.807) is 0 Å². The van der Waals surface area contributed by atoms with Gasteiger partial charge in [-0.2, -0.15) is 0 Å². The minimum absolute atomic E-state index is 0.0385. The van der Waals surface area contributed by atoms with Gasteiger partial charge < -0.3 is 15.8 Å². The van der Waals surface area contributed by atoms with Crippen molar-refractivity contribution < 1.29 is 14.3 Å². The lowest BCUT2D eigenvalue weighted by Crippen LogP contribution is -2.38. The van der Waals surface area contributed by atoms with Crippen LogP contribution in [0, 0.1) is 0 Å². The van der Waals surface area contributed by atoms with E-state index in [-0.39, 0.29) is 11.9 Å². The van der Waals surface area contributed by atoms with Crippen LogP contribution in [0.1, 0.15) is 32.2 Å². The van der Waals surface area contributed by atoms with Gasteiger partial charge in [-0.15, -0.1) is 22.7 Å². The number of fused-ring (bicyclic) bond motifs is 1.